The standard InChI is InChI=1S/C8H8BNO7/c1-16-8(11)5-2-6(10(14)15)4-7(3-5)17-9(12)13/h2-4,12-13H,1H3. The second kappa shape index (κ2) is 5.28. The largest absolute Gasteiger partial charge is 0.707 e. The Morgan fingerprint density at radius 2 is 2.06 bits per heavy atom. The molecule has 2 N–H and O–H groups in total. The Kier molecular flexibility index (Phi) is 4.02. The normalized spacial score (nSPS) is 9.59. The molecular weight excluding hydrogens is 233 g/mol. The van der Waals surface area contributed by atoms with Crippen LogP contribution in [0.3, 0.4) is 0 Å². The summed E-state index contributed by atoms with van der Waals surface area (Å²) in [7, 11) is -1.02. The molecule has 9 heteroatoms. The Bertz CT molecular complexity index is 447. The van der Waals surface area contributed by atoms with E-state index in [0.29, 0.717) is 0 Å². The zero-order valence-corrected chi connectivity index (χ0v) is 8.69. The second-order valence-electron chi connectivity index (χ2n) is 2.91. The number of carbonyl (C=O) groups excluding carboxylic acids is 1. The lowest BCUT2D eigenvalue weighted by molar-refractivity contribution is -0.384. The lowest BCUT2D eigenvalue weighted by Gasteiger charge is -2.06. The summed E-state index contributed by atoms with van der Waals surface area (Å²) in [5.41, 5.74) is -0.555. The molecular formula is C8H8BNO7. The minimum atomic E-state index is -2.14. The molecule has 0 heterocycles. The van der Waals surface area contributed by atoms with Gasteiger partial charge in [0, 0.05) is 6.07 Å². The fourth-order valence-electron chi connectivity index (χ4n) is 1.11. The Morgan fingerprint density at radius 1 is 1.41 bits per heavy atom. The topological polar surface area (TPSA) is 119 Å². The highest BCUT2D eigenvalue weighted by Gasteiger charge is 2.18. The second-order valence-corrected chi connectivity index (χ2v) is 2.91. The molecule has 17 heavy (non-hydrogen) atoms. The van der Waals surface area contributed by atoms with Crippen LogP contribution in [0, 0.1) is 10.1 Å². The van der Waals surface area contributed by atoms with Crippen molar-refractivity contribution in [2.45, 2.75) is 0 Å². The number of ether oxygens (including phenoxy) is 1. The number of hydrogen-bond donors (Lipinski definition) is 2. The minimum Gasteiger partial charge on any atom is -0.512 e. The third-order valence-electron chi connectivity index (χ3n) is 1.76. The number of nitro benzene ring substituents is 1. The predicted molar refractivity (Wildman–Crippen MR) is 55.3 cm³/mol. The van der Waals surface area contributed by atoms with Gasteiger partial charge in [0.15, 0.2) is 0 Å². The molecule has 0 aromatic heterocycles. The SMILES string of the molecule is COC(=O)c1cc(OB(O)O)cc([N+](=O)[O-])c1. The summed E-state index contributed by atoms with van der Waals surface area (Å²) in [4.78, 5) is 21.0. The average molecular weight is 241 g/mol. The summed E-state index contributed by atoms with van der Waals surface area (Å²) < 4.78 is 8.83. The van der Waals surface area contributed by atoms with E-state index in [0.717, 1.165) is 25.3 Å². The van der Waals surface area contributed by atoms with Gasteiger partial charge in [-0.2, -0.15) is 0 Å². The number of benzene rings is 1. The zero-order chi connectivity index (χ0) is 13.0. The van der Waals surface area contributed by atoms with E-state index in [1.165, 1.54) is 0 Å². The maximum atomic E-state index is 11.2. The fraction of sp³-hybridized carbons (Fsp3) is 0.125. The molecule has 1 aromatic rings. The van der Waals surface area contributed by atoms with E-state index in [1.54, 1.807) is 0 Å². The first kappa shape index (κ1) is 12.9. The van der Waals surface area contributed by atoms with Crippen molar-refractivity contribution in [1.29, 1.82) is 0 Å². The molecule has 8 nitrogen and oxygen atoms in total. The van der Waals surface area contributed by atoms with Gasteiger partial charge in [-0.3, -0.25) is 10.1 Å². The molecule has 0 radical (unpaired) electrons. The molecule has 0 saturated carbocycles. The molecule has 0 atom stereocenters. The van der Waals surface area contributed by atoms with Crippen LogP contribution in [0.4, 0.5) is 5.69 Å². The Labute approximate surface area is 95.7 Å². The molecule has 0 saturated heterocycles. The van der Waals surface area contributed by atoms with Gasteiger partial charge in [-0.15, -0.1) is 0 Å². The van der Waals surface area contributed by atoms with Crippen LogP contribution in [-0.4, -0.2) is 35.4 Å². The van der Waals surface area contributed by atoms with Crippen molar-refractivity contribution < 1.29 is 29.2 Å². The molecule has 90 valence electrons. The van der Waals surface area contributed by atoms with E-state index in [4.69, 9.17) is 10.0 Å². The molecule has 0 spiro atoms. The minimum absolute atomic E-state index is 0.127. The van der Waals surface area contributed by atoms with E-state index >= 15 is 0 Å². The predicted octanol–water partition coefficient (Wildman–Crippen LogP) is -0.270. The van der Waals surface area contributed by atoms with Crippen LogP contribution in [-0.2, 0) is 4.74 Å². The van der Waals surface area contributed by atoms with Crippen LogP contribution >= 0.6 is 0 Å². The number of nitrogens with zero attached hydrogens (tertiary/aromatic N) is 1. The first-order valence-electron chi connectivity index (χ1n) is 4.34. The molecule has 0 fully saturated rings. The van der Waals surface area contributed by atoms with Crippen molar-refractivity contribution in [2.24, 2.45) is 0 Å². The van der Waals surface area contributed by atoms with Crippen LogP contribution in [0.15, 0.2) is 18.2 Å². The van der Waals surface area contributed by atoms with E-state index < -0.39 is 23.9 Å². The van der Waals surface area contributed by atoms with E-state index in [2.05, 4.69) is 9.39 Å². The maximum Gasteiger partial charge on any atom is 0.707 e. The number of esters is 1. The van der Waals surface area contributed by atoms with Gasteiger partial charge in [0.25, 0.3) is 5.69 Å². The van der Waals surface area contributed by atoms with Gasteiger partial charge in [0.05, 0.1) is 23.7 Å². The third kappa shape index (κ3) is 3.43. The Hall–Kier alpha value is -2.13. The quantitative estimate of drug-likeness (QED) is 0.322. The summed E-state index contributed by atoms with van der Waals surface area (Å²) in [6.45, 7) is 0. The summed E-state index contributed by atoms with van der Waals surface area (Å²) >= 11 is 0. The number of rotatable bonds is 4. The van der Waals surface area contributed by atoms with Crippen molar-refractivity contribution in [3.05, 3.63) is 33.9 Å². The van der Waals surface area contributed by atoms with E-state index in [-0.39, 0.29) is 11.3 Å². The number of nitro groups is 1. The van der Waals surface area contributed by atoms with E-state index in [9.17, 15) is 14.9 Å². The van der Waals surface area contributed by atoms with Gasteiger partial charge in [-0.25, -0.2) is 4.79 Å². The van der Waals surface area contributed by atoms with Crippen LogP contribution < -0.4 is 4.65 Å². The first-order chi connectivity index (χ1) is 7.93. The highest BCUT2D eigenvalue weighted by atomic mass is 16.6. The van der Waals surface area contributed by atoms with Crippen LogP contribution in [0.5, 0.6) is 5.75 Å². The lowest BCUT2D eigenvalue weighted by Crippen LogP contribution is -2.20. The van der Waals surface area contributed by atoms with Gasteiger partial charge in [0.2, 0.25) is 0 Å². The van der Waals surface area contributed by atoms with Crippen molar-refractivity contribution >= 4 is 19.0 Å². The average Bonchev–Trinajstić information content (AvgIpc) is 2.26. The van der Waals surface area contributed by atoms with Crippen molar-refractivity contribution in [2.75, 3.05) is 7.11 Å². The van der Waals surface area contributed by atoms with Crippen LogP contribution in [0.25, 0.3) is 0 Å². The molecule has 1 aromatic carbocycles. The number of hydrogen-bond acceptors (Lipinski definition) is 7. The smallest absolute Gasteiger partial charge is 0.512 e. The van der Waals surface area contributed by atoms with Gasteiger partial charge in [-0.1, -0.05) is 0 Å². The van der Waals surface area contributed by atoms with Crippen molar-refractivity contribution in [3.63, 3.8) is 0 Å². The monoisotopic (exact) mass is 241 g/mol. The first-order valence-corrected chi connectivity index (χ1v) is 4.34. The van der Waals surface area contributed by atoms with Gasteiger partial charge < -0.3 is 19.4 Å². The summed E-state index contributed by atoms with van der Waals surface area (Å²) in [6, 6.07) is 3.03. The molecule has 0 bridgehead atoms. The van der Waals surface area contributed by atoms with Gasteiger partial charge >= 0.3 is 13.3 Å². The highest BCUT2D eigenvalue weighted by molar-refractivity contribution is 6.33. The summed E-state index contributed by atoms with van der Waals surface area (Å²) in [5, 5.41) is 27.7. The third-order valence-corrected chi connectivity index (χ3v) is 1.76. The van der Waals surface area contributed by atoms with Gasteiger partial charge in [0.1, 0.15) is 5.75 Å². The summed E-state index contributed by atoms with van der Waals surface area (Å²) in [5.74, 6) is -1.03. The van der Waals surface area contributed by atoms with Crippen LogP contribution in [0.1, 0.15) is 10.4 Å². The molecule has 0 aliphatic heterocycles. The molecule has 0 aliphatic carbocycles. The fourth-order valence-corrected chi connectivity index (χ4v) is 1.11. The van der Waals surface area contributed by atoms with Crippen molar-refractivity contribution in [1.82, 2.24) is 0 Å². The van der Waals surface area contributed by atoms with E-state index in [1.807, 2.05) is 0 Å². The van der Waals surface area contributed by atoms with Crippen LogP contribution in [0.2, 0.25) is 0 Å². The Balaban J connectivity index is 3.18. The Morgan fingerprint density at radius 3 is 2.53 bits per heavy atom. The number of carbonyl (C=O) groups is 1. The zero-order valence-electron chi connectivity index (χ0n) is 8.69. The molecule has 1 rings (SSSR count). The van der Waals surface area contributed by atoms with Crippen molar-refractivity contribution in [3.8, 4) is 5.75 Å². The number of non-ortho nitro benzene ring substituents is 1. The van der Waals surface area contributed by atoms with Gasteiger partial charge in [-0.05, 0) is 6.07 Å². The maximum absolute atomic E-state index is 11.2. The molecule has 0 unspecified atom stereocenters. The summed E-state index contributed by atoms with van der Waals surface area (Å²) in [6.07, 6.45) is 0. The highest BCUT2D eigenvalue weighted by Crippen LogP contribution is 2.23. The molecule has 0 aliphatic rings. The number of methoxy groups -OCH3 is 1. The lowest BCUT2D eigenvalue weighted by atomic mass is 10.1. The molecule has 0 amide bonds.